The van der Waals surface area contributed by atoms with Gasteiger partial charge in [0.15, 0.2) is 4.96 Å². The maximum atomic E-state index is 12.9. The molecule has 0 unspecified atom stereocenters. The van der Waals surface area contributed by atoms with Crippen molar-refractivity contribution in [3.05, 3.63) is 77.0 Å². The Labute approximate surface area is 156 Å². The van der Waals surface area contributed by atoms with Crippen molar-refractivity contribution in [1.29, 1.82) is 0 Å². The fourth-order valence-corrected chi connectivity index (χ4v) is 4.15. The minimum Gasteiger partial charge on any atom is -0.267 e. The number of benzene rings is 2. The first-order valence-corrected chi connectivity index (χ1v) is 8.92. The summed E-state index contributed by atoms with van der Waals surface area (Å²) in [4.78, 5) is 28.5. The summed E-state index contributed by atoms with van der Waals surface area (Å²) in [7, 11) is 0. The van der Waals surface area contributed by atoms with Crippen molar-refractivity contribution >= 4 is 50.7 Å². The van der Waals surface area contributed by atoms with Crippen LogP contribution in [-0.4, -0.2) is 14.3 Å². The highest BCUT2D eigenvalue weighted by atomic mass is 35.5. The van der Waals surface area contributed by atoms with Crippen LogP contribution in [0.25, 0.3) is 22.1 Å². The molecule has 0 aliphatic carbocycles. The van der Waals surface area contributed by atoms with E-state index in [-0.39, 0.29) is 11.2 Å². The van der Waals surface area contributed by atoms with E-state index < -0.39 is 4.92 Å². The lowest BCUT2D eigenvalue weighted by Gasteiger charge is -1.98. The fraction of sp³-hybridized carbons (Fsp3) is 0.111. The van der Waals surface area contributed by atoms with Gasteiger partial charge in [-0.2, -0.15) is 0 Å². The average Bonchev–Trinajstić information content (AvgIpc) is 3.07. The molecule has 0 radical (unpaired) electrons. The number of nitrogens with zero attached hydrogens (tertiary/aromatic N) is 3. The molecule has 130 valence electrons. The Bertz CT molecular complexity index is 1320. The fourth-order valence-electron chi connectivity index (χ4n) is 3.01. The molecular formula is C18H12ClN3O3S. The third-order valence-corrected chi connectivity index (χ3v) is 5.47. The van der Waals surface area contributed by atoms with E-state index >= 15 is 0 Å². The van der Waals surface area contributed by atoms with Gasteiger partial charge >= 0.3 is 0 Å². The Morgan fingerprint density at radius 3 is 2.77 bits per heavy atom. The first-order chi connectivity index (χ1) is 12.3. The van der Waals surface area contributed by atoms with E-state index in [1.807, 2.05) is 26.0 Å². The zero-order valence-corrected chi connectivity index (χ0v) is 15.4. The molecule has 2 aromatic carbocycles. The summed E-state index contributed by atoms with van der Waals surface area (Å²) in [5, 5.41) is 11.3. The molecule has 0 bridgehead atoms. The van der Waals surface area contributed by atoms with Crippen LogP contribution in [-0.2, 0) is 0 Å². The molecule has 26 heavy (non-hydrogen) atoms. The average molecular weight is 386 g/mol. The van der Waals surface area contributed by atoms with Crippen molar-refractivity contribution in [3.8, 4) is 0 Å². The normalized spacial score (nSPS) is 12.3. The second-order valence-electron chi connectivity index (χ2n) is 6.06. The van der Waals surface area contributed by atoms with Gasteiger partial charge in [0.2, 0.25) is 0 Å². The lowest BCUT2D eigenvalue weighted by molar-refractivity contribution is -0.384. The standard InChI is InChI=1S/C18H12ClN3O3S/c1-9-5-10(2)16-14(6-9)21-17(23)15(26-18(21)20-16)8-11-7-12(22(24)25)3-4-13(11)19/h3-8H,1-2H3/b15-8-. The van der Waals surface area contributed by atoms with Crippen LogP contribution in [0.4, 0.5) is 5.69 Å². The second kappa shape index (κ2) is 5.89. The third-order valence-electron chi connectivity index (χ3n) is 4.16. The number of nitro benzene ring substituents is 1. The van der Waals surface area contributed by atoms with E-state index in [9.17, 15) is 14.9 Å². The molecule has 6 nitrogen and oxygen atoms in total. The number of aryl methyl sites for hydroxylation is 2. The first kappa shape index (κ1) is 16.7. The zero-order valence-electron chi connectivity index (χ0n) is 13.8. The predicted molar refractivity (Wildman–Crippen MR) is 103 cm³/mol. The van der Waals surface area contributed by atoms with E-state index in [1.54, 1.807) is 10.5 Å². The van der Waals surface area contributed by atoms with Gasteiger partial charge < -0.3 is 0 Å². The van der Waals surface area contributed by atoms with E-state index in [2.05, 4.69) is 4.98 Å². The van der Waals surface area contributed by atoms with Crippen molar-refractivity contribution in [1.82, 2.24) is 9.38 Å². The second-order valence-corrected chi connectivity index (χ2v) is 7.47. The minimum absolute atomic E-state index is 0.0777. The van der Waals surface area contributed by atoms with Gasteiger partial charge in [-0.1, -0.05) is 29.0 Å². The Hall–Kier alpha value is -2.77. The quantitative estimate of drug-likeness (QED) is 0.390. The van der Waals surface area contributed by atoms with Crippen LogP contribution in [0.1, 0.15) is 16.7 Å². The summed E-state index contributed by atoms with van der Waals surface area (Å²) in [6.07, 6.45) is 1.57. The van der Waals surface area contributed by atoms with Gasteiger partial charge in [-0.3, -0.25) is 14.9 Å². The third kappa shape index (κ3) is 2.56. The SMILES string of the molecule is Cc1cc(C)c2nc3s/c(=C\c4cc([N+](=O)[O-])ccc4Cl)c(=O)n3c2c1. The van der Waals surface area contributed by atoms with Crippen LogP contribution in [0.3, 0.4) is 0 Å². The number of nitro groups is 1. The highest BCUT2D eigenvalue weighted by Gasteiger charge is 2.14. The Morgan fingerprint density at radius 2 is 2.04 bits per heavy atom. The van der Waals surface area contributed by atoms with Gasteiger partial charge in [0, 0.05) is 22.7 Å². The maximum Gasteiger partial charge on any atom is 0.274 e. The summed E-state index contributed by atoms with van der Waals surface area (Å²) in [6, 6.07) is 8.10. The number of rotatable bonds is 2. The van der Waals surface area contributed by atoms with Crippen molar-refractivity contribution in [2.24, 2.45) is 0 Å². The van der Waals surface area contributed by atoms with Gasteiger partial charge in [-0.25, -0.2) is 9.38 Å². The van der Waals surface area contributed by atoms with Crippen molar-refractivity contribution < 1.29 is 4.92 Å². The Balaban J connectivity index is 2.01. The number of non-ortho nitro benzene ring substituents is 1. The van der Waals surface area contributed by atoms with Gasteiger partial charge in [0.05, 0.1) is 20.5 Å². The van der Waals surface area contributed by atoms with Crippen LogP contribution >= 0.6 is 22.9 Å². The molecule has 4 aromatic rings. The van der Waals surface area contributed by atoms with Gasteiger partial charge in [-0.15, -0.1) is 0 Å². The number of halogens is 1. The van der Waals surface area contributed by atoms with Gasteiger partial charge in [0.25, 0.3) is 11.2 Å². The lowest BCUT2D eigenvalue weighted by Crippen LogP contribution is -2.22. The predicted octanol–water partition coefficient (Wildman–Crippen LogP) is 3.64. The highest BCUT2D eigenvalue weighted by molar-refractivity contribution is 7.15. The summed E-state index contributed by atoms with van der Waals surface area (Å²) < 4.78 is 2.01. The lowest BCUT2D eigenvalue weighted by atomic mass is 10.1. The minimum atomic E-state index is -0.494. The number of hydrogen-bond acceptors (Lipinski definition) is 5. The van der Waals surface area contributed by atoms with Crippen molar-refractivity contribution in [2.75, 3.05) is 0 Å². The molecule has 4 rings (SSSR count). The molecule has 0 saturated carbocycles. The van der Waals surface area contributed by atoms with Crippen LogP contribution in [0, 0.1) is 24.0 Å². The van der Waals surface area contributed by atoms with Crippen LogP contribution in [0.5, 0.6) is 0 Å². The molecule has 2 heterocycles. The van der Waals surface area contributed by atoms with E-state index in [1.165, 1.54) is 29.5 Å². The highest BCUT2D eigenvalue weighted by Crippen LogP contribution is 2.24. The molecule has 0 aliphatic rings. The number of hydrogen-bond donors (Lipinski definition) is 0. The van der Waals surface area contributed by atoms with E-state index in [0.717, 1.165) is 22.2 Å². The summed E-state index contributed by atoms with van der Waals surface area (Å²) in [6.45, 7) is 3.94. The molecule has 8 heteroatoms. The monoisotopic (exact) mass is 385 g/mol. The topological polar surface area (TPSA) is 77.5 Å². The summed E-state index contributed by atoms with van der Waals surface area (Å²) >= 11 is 7.38. The number of imidazole rings is 1. The smallest absolute Gasteiger partial charge is 0.267 e. The maximum absolute atomic E-state index is 12.9. The molecule has 0 atom stereocenters. The van der Waals surface area contributed by atoms with Crippen LogP contribution < -0.4 is 10.1 Å². The van der Waals surface area contributed by atoms with Crippen molar-refractivity contribution in [2.45, 2.75) is 13.8 Å². The number of thiazole rings is 1. The largest absolute Gasteiger partial charge is 0.274 e. The van der Waals surface area contributed by atoms with Crippen molar-refractivity contribution in [3.63, 3.8) is 0 Å². The molecular weight excluding hydrogens is 374 g/mol. The molecule has 2 aromatic heterocycles. The number of fused-ring (bicyclic) bond motifs is 3. The summed E-state index contributed by atoms with van der Waals surface area (Å²) in [5.74, 6) is 0. The van der Waals surface area contributed by atoms with Crippen LogP contribution in [0.2, 0.25) is 5.02 Å². The van der Waals surface area contributed by atoms with Gasteiger partial charge in [-0.05, 0) is 43.2 Å². The molecule has 0 amide bonds. The molecule has 0 spiro atoms. The molecule has 0 fully saturated rings. The Morgan fingerprint density at radius 1 is 1.27 bits per heavy atom. The summed E-state index contributed by atoms with van der Waals surface area (Å²) in [5.41, 5.74) is 3.78. The van der Waals surface area contributed by atoms with E-state index in [4.69, 9.17) is 11.6 Å². The zero-order chi connectivity index (χ0) is 18.6. The number of aromatic nitrogens is 2. The molecule has 0 aliphatic heterocycles. The molecule has 0 saturated heterocycles. The Kier molecular flexibility index (Phi) is 3.78. The van der Waals surface area contributed by atoms with Crippen LogP contribution in [0.15, 0.2) is 35.1 Å². The van der Waals surface area contributed by atoms with E-state index in [0.29, 0.717) is 20.1 Å². The molecule has 0 N–H and O–H groups in total. The first-order valence-electron chi connectivity index (χ1n) is 7.73. The van der Waals surface area contributed by atoms with Gasteiger partial charge in [0.1, 0.15) is 0 Å².